The van der Waals surface area contributed by atoms with Crippen molar-refractivity contribution in [3.05, 3.63) is 57.3 Å². The molecule has 0 fully saturated rings. The maximum absolute atomic E-state index is 6.36. The molecule has 1 aromatic heterocycles. The number of nitrogens with zero attached hydrogens (tertiary/aromatic N) is 1. The van der Waals surface area contributed by atoms with E-state index < -0.39 is 0 Å². The molecule has 2 nitrogen and oxygen atoms in total. The number of H-pyrrole nitrogens is 1. The minimum absolute atomic E-state index is 0.686. The van der Waals surface area contributed by atoms with Crippen LogP contribution in [0.25, 0.3) is 16.7 Å². The molecular weight excluding hydrogens is 288 g/mol. The normalized spacial score (nSPS) is 13.8. The Morgan fingerprint density at radius 2 is 1.95 bits per heavy atom. The van der Waals surface area contributed by atoms with Gasteiger partial charge in [0.05, 0.1) is 16.1 Å². The molecule has 0 bridgehead atoms. The van der Waals surface area contributed by atoms with E-state index in [1.165, 1.54) is 24.0 Å². The lowest BCUT2D eigenvalue weighted by Gasteiger charge is -2.08. The molecule has 2 aromatic carbocycles. The first kappa shape index (κ1) is 12.2. The van der Waals surface area contributed by atoms with E-state index in [2.05, 4.69) is 23.2 Å². The molecule has 3 aromatic rings. The van der Waals surface area contributed by atoms with Gasteiger partial charge in [-0.25, -0.2) is 0 Å². The number of aromatic amines is 1. The molecule has 0 amide bonds. The van der Waals surface area contributed by atoms with Gasteiger partial charge in [0.2, 0.25) is 0 Å². The van der Waals surface area contributed by atoms with Crippen molar-refractivity contribution in [2.24, 2.45) is 0 Å². The van der Waals surface area contributed by atoms with Gasteiger partial charge in [0, 0.05) is 5.69 Å². The molecule has 100 valence electrons. The van der Waals surface area contributed by atoms with Gasteiger partial charge in [-0.1, -0.05) is 23.7 Å². The zero-order chi connectivity index (χ0) is 13.7. The summed E-state index contributed by atoms with van der Waals surface area (Å²) in [4.78, 5) is 3.23. The van der Waals surface area contributed by atoms with Gasteiger partial charge in [0.25, 0.3) is 0 Å². The fourth-order valence-corrected chi connectivity index (χ4v) is 3.63. The summed E-state index contributed by atoms with van der Waals surface area (Å²) in [6.45, 7) is 0. The van der Waals surface area contributed by atoms with Crippen molar-refractivity contribution in [1.82, 2.24) is 9.55 Å². The van der Waals surface area contributed by atoms with E-state index >= 15 is 0 Å². The standard InChI is InChI=1S/C16H13ClN2S/c17-13-5-2-6-14-15(13)19(16(20)18-14)12-8-7-10-3-1-4-11(10)9-12/h2,5-9H,1,3-4H2,(H,18,20). The van der Waals surface area contributed by atoms with Gasteiger partial charge in [0.15, 0.2) is 4.77 Å². The van der Waals surface area contributed by atoms with Crippen LogP contribution in [-0.2, 0) is 12.8 Å². The maximum atomic E-state index is 6.36. The zero-order valence-corrected chi connectivity index (χ0v) is 12.4. The largest absolute Gasteiger partial charge is 0.330 e. The number of rotatable bonds is 1. The van der Waals surface area contributed by atoms with Crippen LogP contribution in [0, 0.1) is 4.77 Å². The van der Waals surface area contributed by atoms with E-state index in [9.17, 15) is 0 Å². The van der Waals surface area contributed by atoms with Crippen LogP contribution in [0.3, 0.4) is 0 Å². The summed E-state index contributed by atoms with van der Waals surface area (Å²) < 4.78 is 2.72. The molecule has 1 heterocycles. The second kappa shape index (κ2) is 4.47. The quantitative estimate of drug-likeness (QED) is 0.638. The van der Waals surface area contributed by atoms with Crippen LogP contribution < -0.4 is 0 Å². The van der Waals surface area contributed by atoms with Gasteiger partial charge in [-0.15, -0.1) is 0 Å². The lowest BCUT2D eigenvalue weighted by Crippen LogP contribution is -1.96. The number of aryl methyl sites for hydroxylation is 2. The monoisotopic (exact) mass is 300 g/mol. The molecule has 0 radical (unpaired) electrons. The van der Waals surface area contributed by atoms with Crippen LogP contribution >= 0.6 is 23.8 Å². The first-order chi connectivity index (χ1) is 9.74. The van der Waals surface area contributed by atoms with Crippen molar-refractivity contribution in [2.45, 2.75) is 19.3 Å². The van der Waals surface area contributed by atoms with E-state index in [0.29, 0.717) is 4.77 Å². The zero-order valence-electron chi connectivity index (χ0n) is 10.8. The highest BCUT2D eigenvalue weighted by Gasteiger charge is 2.14. The summed E-state index contributed by atoms with van der Waals surface area (Å²) >= 11 is 11.8. The Hall–Kier alpha value is -1.58. The SMILES string of the molecule is S=c1[nH]c2cccc(Cl)c2n1-c1ccc2c(c1)CCC2. The van der Waals surface area contributed by atoms with E-state index in [4.69, 9.17) is 23.8 Å². The lowest BCUT2D eigenvalue weighted by molar-refractivity contribution is 0.911. The van der Waals surface area contributed by atoms with Gasteiger partial charge < -0.3 is 4.98 Å². The molecule has 4 rings (SSSR count). The molecule has 0 spiro atoms. The van der Waals surface area contributed by atoms with Crippen LogP contribution in [0.15, 0.2) is 36.4 Å². The third-order valence-electron chi connectivity index (χ3n) is 4.00. The van der Waals surface area contributed by atoms with Gasteiger partial charge in [0.1, 0.15) is 0 Å². The fraction of sp³-hybridized carbons (Fsp3) is 0.188. The average Bonchev–Trinajstić information content (AvgIpc) is 3.01. The molecule has 20 heavy (non-hydrogen) atoms. The van der Waals surface area contributed by atoms with Crippen molar-refractivity contribution in [1.29, 1.82) is 0 Å². The summed E-state index contributed by atoms with van der Waals surface area (Å²) in [5.74, 6) is 0. The van der Waals surface area contributed by atoms with E-state index in [-0.39, 0.29) is 0 Å². The van der Waals surface area contributed by atoms with Gasteiger partial charge in [-0.3, -0.25) is 4.57 Å². The summed E-state index contributed by atoms with van der Waals surface area (Å²) in [7, 11) is 0. The number of hydrogen-bond donors (Lipinski definition) is 1. The number of hydrogen-bond acceptors (Lipinski definition) is 1. The lowest BCUT2D eigenvalue weighted by atomic mass is 10.1. The highest BCUT2D eigenvalue weighted by molar-refractivity contribution is 7.71. The Morgan fingerprint density at radius 3 is 2.85 bits per heavy atom. The Morgan fingerprint density at radius 1 is 1.10 bits per heavy atom. The van der Waals surface area contributed by atoms with E-state index in [1.54, 1.807) is 0 Å². The maximum Gasteiger partial charge on any atom is 0.182 e. The molecule has 1 aliphatic rings. The molecule has 0 aliphatic heterocycles. The van der Waals surface area contributed by atoms with Crippen LogP contribution in [0.5, 0.6) is 0 Å². The highest BCUT2D eigenvalue weighted by Crippen LogP contribution is 2.29. The minimum atomic E-state index is 0.686. The molecule has 0 unspecified atom stereocenters. The average molecular weight is 301 g/mol. The molecule has 0 saturated heterocycles. The second-order valence-corrected chi connectivity index (χ2v) is 6.00. The Bertz CT molecular complexity index is 876. The number of nitrogens with one attached hydrogen (secondary N) is 1. The van der Waals surface area contributed by atoms with Gasteiger partial charge >= 0.3 is 0 Å². The van der Waals surface area contributed by atoms with Crippen LogP contribution in [0.2, 0.25) is 5.02 Å². The van der Waals surface area contributed by atoms with E-state index in [0.717, 1.165) is 28.2 Å². The fourth-order valence-electron chi connectivity index (χ4n) is 3.06. The molecule has 0 atom stereocenters. The smallest absolute Gasteiger partial charge is 0.182 e. The number of benzene rings is 2. The third-order valence-corrected chi connectivity index (χ3v) is 4.58. The summed E-state index contributed by atoms with van der Waals surface area (Å²) in [5.41, 5.74) is 5.92. The Kier molecular flexibility index (Phi) is 2.72. The Balaban J connectivity index is 2.03. The highest BCUT2D eigenvalue weighted by atomic mass is 35.5. The van der Waals surface area contributed by atoms with Crippen molar-refractivity contribution in [2.75, 3.05) is 0 Å². The van der Waals surface area contributed by atoms with Crippen LogP contribution in [0.4, 0.5) is 0 Å². The minimum Gasteiger partial charge on any atom is -0.330 e. The van der Waals surface area contributed by atoms with Crippen molar-refractivity contribution in [3.63, 3.8) is 0 Å². The topological polar surface area (TPSA) is 20.7 Å². The number of halogens is 1. The molecule has 0 saturated carbocycles. The van der Waals surface area contributed by atoms with Gasteiger partial charge in [-0.2, -0.15) is 0 Å². The first-order valence-corrected chi connectivity index (χ1v) is 7.54. The Labute approximate surface area is 127 Å². The predicted molar refractivity (Wildman–Crippen MR) is 85.5 cm³/mol. The summed E-state index contributed by atoms with van der Waals surface area (Å²) in [6, 6.07) is 12.4. The molecule has 4 heteroatoms. The number of fused-ring (bicyclic) bond motifs is 2. The number of imidazole rings is 1. The van der Waals surface area contributed by atoms with Crippen LogP contribution in [0.1, 0.15) is 17.5 Å². The van der Waals surface area contributed by atoms with E-state index in [1.807, 2.05) is 22.8 Å². The van der Waals surface area contributed by atoms with Crippen LogP contribution in [-0.4, -0.2) is 9.55 Å². The molecular formula is C16H13ClN2S. The van der Waals surface area contributed by atoms with Crippen molar-refractivity contribution >= 4 is 34.9 Å². The third kappa shape index (κ3) is 1.74. The van der Waals surface area contributed by atoms with Crippen molar-refractivity contribution in [3.8, 4) is 5.69 Å². The predicted octanol–water partition coefficient (Wildman–Crippen LogP) is 4.83. The van der Waals surface area contributed by atoms with Gasteiger partial charge in [-0.05, 0) is 66.9 Å². The summed E-state index contributed by atoms with van der Waals surface area (Å²) in [6.07, 6.45) is 3.60. The summed E-state index contributed by atoms with van der Waals surface area (Å²) in [5, 5.41) is 0.718. The number of para-hydroxylation sites is 1. The van der Waals surface area contributed by atoms with Crippen molar-refractivity contribution < 1.29 is 0 Å². The molecule has 1 N–H and O–H groups in total. The first-order valence-electron chi connectivity index (χ1n) is 6.75. The molecule has 1 aliphatic carbocycles. The number of aromatic nitrogens is 2. The second-order valence-electron chi connectivity index (χ2n) is 5.21.